The highest BCUT2D eigenvalue weighted by molar-refractivity contribution is 9.10. The number of benzene rings is 4. The molecule has 0 aliphatic carbocycles. The molecule has 0 fully saturated rings. The van der Waals surface area contributed by atoms with Crippen LogP contribution in [0.25, 0.3) is 33.3 Å². The SMILES string of the molecule is C[C@H](NC(=O)c1ccc(-c2cc(-c3cccc4ccccc34)[nH]n2)cc1)c1ccc(Br)cc1. The standard InChI is InChI=1S/C28H22BrN3O/c1-18(19-13-15-23(29)16-14-19)30-28(33)22-11-9-21(10-12-22)26-17-27(32-31-26)25-8-4-6-20-5-2-3-7-24(20)25/h2-18H,1H3,(H,30,33)(H,31,32)/t18-/m0/s1. The molecule has 5 rings (SSSR count). The number of carbonyl (C=O) groups excluding carboxylic acids is 1. The second kappa shape index (κ2) is 9.04. The Morgan fingerprint density at radius 2 is 1.64 bits per heavy atom. The first-order valence-corrected chi connectivity index (χ1v) is 11.6. The third-order valence-electron chi connectivity index (χ3n) is 5.82. The first kappa shape index (κ1) is 21.2. The highest BCUT2D eigenvalue weighted by atomic mass is 79.9. The Balaban J connectivity index is 1.33. The molecular formula is C28H22BrN3O. The van der Waals surface area contributed by atoms with Crippen molar-refractivity contribution in [3.63, 3.8) is 0 Å². The molecule has 0 radical (unpaired) electrons. The van der Waals surface area contributed by atoms with Crippen molar-refractivity contribution >= 4 is 32.6 Å². The molecule has 1 amide bonds. The molecule has 5 heteroatoms. The van der Waals surface area contributed by atoms with Crippen molar-refractivity contribution in [1.29, 1.82) is 0 Å². The van der Waals surface area contributed by atoms with Crippen LogP contribution in [-0.4, -0.2) is 16.1 Å². The number of rotatable bonds is 5. The van der Waals surface area contributed by atoms with Crippen LogP contribution in [0.1, 0.15) is 28.9 Å². The van der Waals surface area contributed by atoms with Crippen LogP contribution < -0.4 is 5.32 Å². The van der Waals surface area contributed by atoms with Crippen molar-refractivity contribution in [3.8, 4) is 22.5 Å². The van der Waals surface area contributed by atoms with E-state index in [0.717, 1.165) is 32.6 Å². The molecule has 1 aromatic heterocycles. The highest BCUT2D eigenvalue weighted by Crippen LogP contribution is 2.30. The quantitative estimate of drug-likeness (QED) is 0.272. The lowest BCUT2D eigenvalue weighted by Crippen LogP contribution is -2.26. The first-order chi connectivity index (χ1) is 16.1. The molecule has 162 valence electrons. The predicted molar refractivity (Wildman–Crippen MR) is 137 cm³/mol. The second-order valence-corrected chi connectivity index (χ2v) is 8.93. The van der Waals surface area contributed by atoms with E-state index in [9.17, 15) is 4.79 Å². The van der Waals surface area contributed by atoms with E-state index in [0.29, 0.717) is 5.56 Å². The summed E-state index contributed by atoms with van der Waals surface area (Å²) in [5.74, 6) is -0.101. The van der Waals surface area contributed by atoms with Gasteiger partial charge in [0.15, 0.2) is 0 Å². The van der Waals surface area contributed by atoms with Crippen LogP contribution in [0.2, 0.25) is 0 Å². The van der Waals surface area contributed by atoms with Gasteiger partial charge in [0.1, 0.15) is 0 Å². The molecule has 1 atom stereocenters. The Morgan fingerprint density at radius 3 is 2.42 bits per heavy atom. The van der Waals surface area contributed by atoms with Gasteiger partial charge in [0, 0.05) is 21.2 Å². The summed E-state index contributed by atoms with van der Waals surface area (Å²) in [5.41, 5.74) is 5.55. The van der Waals surface area contributed by atoms with E-state index < -0.39 is 0 Å². The van der Waals surface area contributed by atoms with Crippen molar-refractivity contribution in [3.05, 3.63) is 113 Å². The van der Waals surface area contributed by atoms with Gasteiger partial charge in [0.2, 0.25) is 0 Å². The fourth-order valence-electron chi connectivity index (χ4n) is 3.97. The fraction of sp³-hybridized carbons (Fsp3) is 0.0714. The molecule has 0 saturated carbocycles. The lowest BCUT2D eigenvalue weighted by molar-refractivity contribution is 0.0940. The number of hydrogen-bond acceptors (Lipinski definition) is 2. The maximum absolute atomic E-state index is 12.7. The zero-order valence-corrected chi connectivity index (χ0v) is 19.6. The number of amides is 1. The molecule has 0 aliphatic rings. The van der Waals surface area contributed by atoms with Crippen LogP contribution in [-0.2, 0) is 0 Å². The van der Waals surface area contributed by atoms with Gasteiger partial charge in [-0.15, -0.1) is 0 Å². The number of nitrogens with one attached hydrogen (secondary N) is 2. The maximum atomic E-state index is 12.7. The molecule has 4 aromatic carbocycles. The monoisotopic (exact) mass is 495 g/mol. The summed E-state index contributed by atoms with van der Waals surface area (Å²) in [6.07, 6.45) is 0. The van der Waals surface area contributed by atoms with Gasteiger partial charge in [-0.2, -0.15) is 5.10 Å². The summed E-state index contributed by atoms with van der Waals surface area (Å²) in [4.78, 5) is 12.7. The molecule has 0 saturated heterocycles. The number of H-pyrrole nitrogens is 1. The summed E-state index contributed by atoms with van der Waals surface area (Å²) < 4.78 is 1.02. The molecule has 2 N–H and O–H groups in total. The van der Waals surface area contributed by atoms with Crippen molar-refractivity contribution in [2.75, 3.05) is 0 Å². The molecule has 0 spiro atoms. The smallest absolute Gasteiger partial charge is 0.251 e. The number of aromatic nitrogens is 2. The van der Waals surface area contributed by atoms with E-state index in [-0.39, 0.29) is 11.9 Å². The van der Waals surface area contributed by atoms with Crippen LogP contribution >= 0.6 is 15.9 Å². The van der Waals surface area contributed by atoms with Crippen LogP contribution in [0.5, 0.6) is 0 Å². The molecular weight excluding hydrogens is 474 g/mol. The van der Waals surface area contributed by atoms with Crippen LogP contribution in [0.4, 0.5) is 0 Å². The molecule has 0 unspecified atom stereocenters. The Bertz CT molecular complexity index is 1420. The number of halogens is 1. The lowest BCUT2D eigenvalue weighted by atomic mass is 10.0. The Labute approximate surface area is 200 Å². The van der Waals surface area contributed by atoms with Gasteiger partial charge in [-0.25, -0.2) is 0 Å². The number of fused-ring (bicyclic) bond motifs is 1. The van der Waals surface area contributed by atoms with Gasteiger partial charge in [-0.1, -0.05) is 82.7 Å². The average Bonchev–Trinajstić information content (AvgIpc) is 3.34. The zero-order valence-electron chi connectivity index (χ0n) is 18.0. The minimum absolute atomic E-state index is 0.0835. The Kier molecular flexibility index (Phi) is 5.80. The third kappa shape index (κ3) is 4.45. The summed E-state index contributed by atoms with van der Waals surface area (Å²) in [6, 6.07) is 32.0. The van der Waals surface area contributed by atoms with Crippen LogP contribution in [0, 0.1) is 0 Å². The zero-order chi connectivity index (χ0) is 22.8. The van der Waals surface area contributed by atoms with E-state index in [4.69, 9.17) is 0 Å². The molecule has 5 aromatic rings. The van der Waals surface area contributed by atoms with Crippen molar-refractivity contribution in [1.82, 2.24) is 15.5 Å². The van der Waals surface area contributed by atoms with Gasteiger partial charge in [-0.3, -0.25) is 9.89 Å². The number of aromatic amines is 1. The van der Waals surface area contributed by atoms with Gasteiger partial charge in [0.25, 0.3) is 5.91 Å². The molecule has 1 heterocycles. The van der Waals surface area contributed by atoms with E-state index in [1.165, 1.54) is 10.8 Å². The van der Waals surface area contributed by atoms with Crippen molar-refractivity contribution in [2.24, 2.45) is 0 Å². The molecule has 4 nitrogen and oxygen atoms in total. The number of nitrogens with zero attached hydrogens (tertiary/aromatic N) is 1. The Hall–Kier alpha value is -3.70. The Morgan fingerprint density at radius 1 is 0.909 bits per heavy atom. The molecule has 0 aliphatic heterocycles. The third-order valence-corrected chi connectivity index (χ3v) is 6.35. The van der Waals surface area contributed by atoms with Crippen LogP contribution in [0.3, 0.4) is 0 Å². The van der Waals surface area contributed by atoms with E-state index >= 15 is 0 Å². The molecule has 0 bridgehead atoms. The number of carbonyl (C=O) groups is 1. The number of hydrogen-bond donors (Lipinski definition) is 2. The maximum Gasteiger partial charge on any atom is 0.251 e. The highest BCUT2D eigenvalue weighted by Gasteiger charge is 2.13. The van der Waals surface area contributed by atoms with Gasteiger partial charge in [0.05, 0.1) is 17.4 Å². The topological polar surface area (TPSA) is 57.8 Å². The largest absolute Gasteiger partial charge is 0.346 e. The van der Waals surface area contributed by atoms with Crippen molar-refractivity contribution in [2.45, 2.75) is 13.0 Å². The normalized spacial score (nSPS) is 11.9. The van der Waals surface area contributed by atoms with E-state index in [1.54, 1.807) is 0 Å². The van der Waals surface area contributed by atoms with E-state index in [2.05, 4.69) is 61.8 Å². The van der Waals surface area contributed by atoms with Gasteiger partial charge in [-0.05, 0) is 53.6 Å². The first-order valence-electron chi connectivity index (χ1n) is 10.8. The second-order valence-electron chi connectivity index (χ2n) is 8.02. The fourth-order valence-corrected chi connectivity index (χ4v) is 4.24. The average molecular weight is 496 g/mol. The van der Waals surface area contributed by atoms with Gasteiger partial charge >= 0.3 is 0 Å². The van der Waals surface area contributed by atoms with E-state index in [1.807, 2.05) is 73.7 Å². The summed E-state index contributed by atoms with van der Waals surface area (Å²) in [6.45, 7) is 1.98. The lowest BCUT2D eigenvalue weighted by Gasteiger charge is -2.14. The summed E-state index contributed by atoms with van der Waals surface area (Å²) >= 11 is 3.44. The van der Waals surface area contributed by atoms with Crippen LogP contribution in [0.15, 0.2) is 102 Å². The minimum atomic E-state index is -0.101. The molecule has 33 heavy (non-hydrogen) atoms. The van der Waals surface area contributed by atoms with Crippen molar-refractivity contribution < 1.29 is 4.79 Å². The predicted octanol–water partition coefficient (Wildman–Crippen LogP) is 7.15. The summed E-state index contributed by atoms with van der Waals surface area (Å²) in [5, 5.41) is 13.1. The summed E-state index contributed by atoms with van der Waals surface area (Å²) in [7, 11) is 0. The minimum Gasteiger partial charge on any atom is -0.346 e. The van der Waals surface area contributed by atoms with Gasteiger partial charge < -0.3 is 5.32 Å².